The molecule has 0 atom stereocenters. The number of esters is 1. The normalized spacial score (nSPS) is 10.4. The maximum atomic E-state index is 13.0. The van der Waals surface area contributed by atoms with Gasteiger partial charge in [0, 0.05) is 24.1 Å². The zero-order valence-corrected chi connectivity index (χ0v) is 14.6. The Kier molecular flexibility index (Phi) is 5.61. The SMILES string of the molecule is COC(=O)c1cccc(NC(=O)CCc2ncc(-c3ccc(F)cc3)o2)c1. The first-order valence-corrected chi connectivity index (χ1v) is 8.24. The number of oxazole rings is 1. The van der Waals surface area contributed by atoms with E-state index in [0.717, 1.165) is 0 Å². The molecule has 0 spiro atoms. The molecule has 0 unspecified atom stereocenters. The molecular formula is C20H17FN2O4. The summed E-state index contributed by atoms with van der Waals surface area (Å²) in [6, 6.07) is 12.4. The molecule has 2 aromatic carbocycles. The molecule has 138 valence electrons. The van der Waals surface area contributed by atoms with Gasteiger partial charge in [-0.25, -0.2) is 14.2 Å². The third-order valence-electron chi connectivity index (χ3n) is 3.82. The number of aromatic nitrogens is 1. The molecule has 0 saturated heterocycles. The Morgan fingerprint density at radius 3 is 2.70 bits per heavy atom. The quantitative estimate of drug-likeness (QED) is 0.669. The fourth-order valence-electron chi connectivity index (χ4n) is 2.46. The molecule has 0 aliphatic heterocycles. The number of amides is 1. The van der Waals surface area contributed by atoms with Crippen LogP contribution in [0, 0.1) is 5.82 Å². The summed E-state index contributed by atoms with van der Waals surface area (Å²) in [5.41, 5.74) is 1.56. The molecule has 0 aliphatic carbocycles. The lowest BCUT2D eigenvalue weighted by Gasteiger charge is -2.06. The van der Waals surface area contributed by atoms with Gasteiger partial charge >= 0.3 is 5.97 Å². The van der Waals surface area contributed by atoms with Crippen molar-refractivity contribution in [3.8, 4) is 11.3 Å². The molecule has 0 radical (unpaired) electrons. The highest BCUT2D eigenvalue weighted by atomic mass is 19.1. The molecule has 3 rings (SSSR count). The van der Waals surface area contributed by atoms with E-state index >= 15 is 0 Å². The predicted molar refractivity (Wildman–Crippen MR) is 96.6 cm³/mol. The fourth-order valence-corrected chi connectivity index (χ4v) is 2.46. The van der Waals surface area contributed by atoms with Gasteiger partial charge in [-0.3, -0.25) is 4.79 Å². The maximum absolute atomic E-state index is 13.0. The summed E-state index contributed by atoms with van der Waals surface area (Å²) in [7, 11) is 1.30. The molecule has 1 amide bonds. The zero-order valence-electron chi connectivity index (χ0n) is 14.6. The first kappa shape index (κ1) is 18.3. The summed E-state index contributed by atoms with van der Waals surface area (Å²) in [4.78, 5) is 27.8. The van der Waals surface area contributed by atoms with E-state index in [0.29, 0.717) is 34.9 Å². The van der Waals surface area contributed by atoms with Crippen molar-refractivity contribution in [1.82, 2.24) is 4.98 Å². The van der Waals surface area contributed by atoms with Crippen LogP contribution in [0.4, 0.5) is 10.1 Å². The molecular weight excluding hydrogens is 351 g/mol. The minimum atomic E-state index is -0.473. The largest absolute Gasteiger partial charge is 0.465 e. The molecule has 0 saturated carbocycles. The van der Waals surface area contributed by atoms with Crippen molar-refractivity contribution in [3.63, 3.8) is 0 Å². The second kappa shape index (κ2) is 8.27. The van der Waals surface area contributed by atoms with Crippen molar-refractivity contribution in [2.24, 2.45) is 0 Å². The van der Waals surface area contributed by atoms with Crippen molar-refractivity contribution in [1.29, 1.82) is 0 Å². The molecule has 1 heterocycles. The van der Waals surface area contributed by atoms with Crippen LogP contribution in [0.25, 0.3) is 11.3 Å². The van der Waals surface area contributed by atoms with E-state index in [1.165, 1.54) is 19.2 Å². The molecule has 0 aliphatic rings. The summed E-state index contributed by atoms with van der Waals surface area (Å²) in [6.45, 7) is 0. The number of nitrogens with one attached hydrogen (secondary N) is 1. The minimum Gasteiger partial charge on any atom is -0.465 e. The number of benzene rings is 2. The number of hydrogen-bond acceptors (Lipinski definition) is 5. The van der Waals surface area contributed by atoms with Gasteiger partial charge in [0.2, 0.25) is 5.91 Å². The van der Waals surface area contributed by atoms with Gasteiger partial charge in [0.25, 0.3) is 0 Å². The lowest BCUT2D eigenvalue weighted by atomic mass is 10.2. The molecule has 1 aromatic heterocycles. The lowest BCUT2D eigenvalue weighted by molar-refractivity contribution is -0.116. The highest BCUT2D eigenvalue weighted by molar-refractivity contribution is 5.94. The summed E-state index contributed by atoms with van der Waals surface area (Å²) in [6.07, 6.45) is 2.01. The predicted octanol–water partition coefficient (Wildman–Crippen LogP) is 3.84. The number of carbonyl (C=O) groups is 2. The highest BCUT2D eigenvalue weighted by Gasteiger charge is 2.11. The number of halogens is 1. The molecule has 0 fully saturated rings. The summed E-state index contributed by atoms with van der Waals surface area (Å²) in [5, 5.41) is 2.72. The second-order valence-electron chi connectivity index (χ2n) is 5.75. The van der Waals surface area contributed by atoms with E-state index in [9.17, 15) is 14.0 Å². The average molecular weight is 368 g/mol. The third-order valence-corrected chi connectivity index (χ3v) is 3.82. The Balaban J connectivity index is 1.57. The Morgan fingerprint density at radius 1 is 1.19 bits per heavy atom. The minimum absolute atomic E-state index is 0.159. The van der Waals surface area contributed by atoms with Crippen LogP contribution >= 0.6 is 0 Å². The van der Waals surface area contributed by atoms with Crippen LogP contribution in [0.3, 0.4) is 0 Å². The molecule has 0 bridgehead atoms. The average Bonchev–Trinajstić information content (AvgIpc) is 3.15. The topological polar surface area (TPSA) is 81.4 Å². The first-order chi connectivity index (χ1) is 13.0. The smallest absolute Gasteiger partial charge is 0.337 e. The van der Waals surface area contributed by atoms with Crippen LogP contribution in [-0.2, 0) is 16.0 Å². The Hall–Kier alpha value is -3.48. The third kappa shape index (κ3) is 4.78. The van der Waals surface area contributed by atoms with Crippen LogP contribution in [0.15, 0.2) is 59.1 Å². The number of nitrogens with zero attached hydrogens (tertiary/aromatic N) is 1. The number of carbonyl (C=O) groups excluding carboxylic acids is 2. The van der Waals surface area contributed by atoms with E-state index in [1.54, 1.807) is 42.6 Å². The van der Waals surface area contributed by atoms with Crippen LogP contribution in [-0.4, -0.2) is 24.0 Å². The van der Waals surface area contributed by atoms with Crippen LogP contribution in [0.5, 0.6) is 0 Å². The first-order valence-electron chi connectivity index (χ1n) is 8.24. The van der Waals surface area contributed by atoms with Crippen molar-refractivity contribution < 1.29 is 23.1 Å². The lowest BCUT2D eigenvalue weighted by Crippen LogP contribution is -2.13. The van der Waals surface area contributed by atoms with E-state index in [2.05, 4.69) is 15.0 Å². The Morgan fingerprint density at radius 2 is 1.96 bits per heavy atom. The monoisotopic (exact) mass is 368 g/mol. The van der Waals surface area contributed by atoms with Gasteiger partial charge in [0.1, 0.15) is 5.82 Å². The zero-order chi connectivity index (χ0) is 19.2. The fraction of sp³-hybridized carbons (Fsp3) is 0.150. The number of anilines is 1. The number of methoxy groups -OCH3 is 1. The van der Waals surface area contributed by atoms with E-state index in [-0.39, 0.29) is 18.1 Å². The van der Waals surface area contributed by atoms with Crippen molar-refractivity contribution in [2.75, 3.05) is 12.4 Å². The van der Waals surface area contributed by atoms with Gasteiger partial charge in [0.05, 0.1) is 18.9 Å². The molecule has 3 aromatic rings. The number of aryl methyl sites for hydroxylation is 1. The van der Waals surface area contributed by atoms with E-state index < -0.39 is 5.97 Å². The summed E-state index contributed by atoms with van der Waals surface area (Å²) in [5.74, 6) is -0.117. The summed E-state index contributed by atoms with van der Waals surface area (Å²) < 4.78 is 23.2. The van der Waals surface area contributed by atoms with Crippen LogP contribution in [0.1, 0.15) is 22.7 Å². The molecule has 7 heteroatoms. The van der Waals surface area contributed by atoms with E-state index in [4.69, 9.17) is 4.42 Å². The van der Waals surface area contributed by atoms with Crippen molar-refractivity contribution >= 4 is 17.6 Å². The van der Waals surface area contributed by atoms with Crippen LogP contribution in [0.2, 0.25) is 0 Å². The number of hydrogen-bond donors (Lipinski definition) is 1. The van der Waals surface area contributed by atoms with Gasteiger partial charge in [-0.05, 0) is 42.5 Å². The Bertz CT molecular complexity index is 951. The second-order valence-corrected chi connectivity index (χ2v) is 5.75. The van der Waals surface area contributed by atoms with E-state index in [1.807, 2.05) is 0 Å². The highest BCUT2D eigenvalue weighted by Crippen LogP contribution is 2.21. The number of ether oxygens (including phenoxy) is 1. The maximum Gasteiger partial charge on any atom is 0.337 e. The summed E-state index contributed by atoms with van der Waals surface area (Å²) >= 11 is 0. The van der Waals surface area contributed by atoms with Crippen LogP contribution < -0.4 is 5.32 Å². The Labute approximate surface area is 155 Å². The molecule has 27 heavy (non-hydrogen) atoms. The van der Waals surface area contributed by atoms with Gasteiger partial charge in [-0.2, -0.15) is 0 Å². The molecule has 6 nitrogen and oxygen atoms in total. The number of rotatable bonds is 6. The van der Waals surface area contributed by atoms with Crippen molar-refractivity contribution in [3.05, 3.63) is 72.0 Å². The van der Waals surface area contributed by atoms with Gasteiger partial charge in [-0.15, -0.1) is 0 Å². The van der Waals surface area contributed by atoms with Gasteiger partial charge in [0.15, 0.2) is 11.7 Å². The van der Waals surface area contributed by atoms with Crippen molar-refractivity contribution in [2.45, 2.75) is 12.8 Å². The van der Waals surface area contributed by atoms with Gasteiger partial charge in [-0.1, -0.05) is 6.07 Å². The standard InChI is InChI=1S/C20H17FN2O4/c1-26-20(25)14-3-2-4-16(11-14)23-18(24)9-10-19-22-12-17(27-19)13-5-7-15(21)8-6-13/h2-8,11-12H,9-10H2,1H3,(H,23,24). The molecule has 1 N–H and O–H groups in total. The van der Waals surface area contributed by atoms with Gasteiger partial charge < -0.3 is 14.5 Å².